The zero-order valence-electron chi connectivity index (χ0n) is 17.5. The molecular weight excluding hydrogens is 376 g/mol. The third-order valence-electron chi connectivity index (χ3n) is 6.11. The normalized spacial score (nSPS) is 18.7. The summed E-state index contributed by atoms with van der Waals surface area (Å²) >= 11 is 0. The molecular formula is C24H28N4O2. The summed E-state index contributed by atoms with van der Waals surface area (Å²) in [7, 11) is 1.63. The Morgan fingerprint density at radius 2 is 1.87 bits per heavy atom. The van der Waals surface area contributed by atoms with Crippen LogP contribution in [0, 0.1) is 12.8 Å². The molecule has 0 unspecified atom stereocenters. The van der Waals surface area contributed by atoms with Gasteiger partial charge in [-0.1, -0.05) is 12.1 Å². The maximum absolute atomic E-state index is 13.0. The molecule has 156 valence electrons. The summed E-state index contributed by atoms with van der Waals surface area (Å²) in [6.07, 6.45) is 8.29. The van der Waals surface area contributed by atoms with Crippen LogP contribution in [-0.2, 0) is 0 Å². The van der Waals surface area contributed by atoms with Gasteiger partial charge in [0.1, 0.15) is 11.4 Å². The molecule has 1 amide bonds. The molecule has 1 fully saturated rings. The first-order valence-corrected chi connectivity index (χ1v) is 10.5. The number of aromatic nitrogens is 3. The Morgan fingerprint density at radius 3 is 2.60 bits per heavy atom. The van der Waals surface area contributed by atoms with Crippen molar-refractivity contribution >= 4 is 5.91 Å². The van der Waals surface area contributed by atoms with Crippen LogP contribution in [0.3, 0.4) is 0 Å². The molecule has 0 atom stereocenters. The van der Waals surface area contributed by atoms with Gasteiger partial charge in [-0.2, -0.15) is 5.10 Å². The second kappa shape index (κ2) is 9.11. The van der Waals surface area contributed by atoms with Gasteiger partial charge in [0, 0.05) is 30.2 Å². The van der Waals surface area contributed by atoms with Crippen LogP contribution in [0.4, 0.5) is 0 Å². The molecule has 0 aliphatic heterocycles. The lowest BCUT2D eigenvalue weighted by Crippen LogP contribution is -2.31. The Labute approximate surface area is 177 Å². The highest BCUT2D eigenvalue weighted by Gasteiger charge is 2.25. The maximum atomic E-state index is 13.0. The molecule has 1 saturated carbocycles. The van der Waals surface area contributed by atoms with Crippen molar-refractivity contribution in [2.24, 2.45) is 5.92 Å². The molecule has 2 N–H and O–H groups in total. The van der Waals surface area contributed by atoms with Crippen molar-refractivity contribution < 1.29 is 9.53 Å². The minimum Gasteiger partial charge on any atom is -0.496 e. The lowest BCUT2D eigenvalue weighted by atomic mass is 9.79. The number of hydrogen-bond acceptors (Lipinski definition) is 4. The van der Waals surface area contributed by atoms with Crippen LogP contribution in [0.15, 0.2) is 48.8 Å². The van der Waals surface area contributed by atoms with Crippen molar-refractivity contribution in [2.45, 2.75) is 38.5 Å². The number of para-hydroxylation sites is 1. The fraction of sp³-hybridized carbons (Fsp3) is 0.375. The molecule has 0 spiro atoms. The number of nitrogens with one attached hydrogen (secondary N) is 2. The third kappa shape index (κ3) is 4.22. The van der Waals surface area contributed by atoms with E-state index in [0.717, 1.165) is 36.9 Å². The van der Waals surface area contributed by atoms with Gasteiger partial charge in [-0.05, 0) is 74.3 Å². The van der Waals surface area contributed by atoms with E-state index in [0.29, 0.717) is 35.4 Å². The quantitative estimate of drug-likeness (QED) is 0.634. The van der Waals surface area contributed by atoms with Crippen LogP contribution in [-0.4, -0.2) is 34.7 Å². The number of amides is 1. The van der Waals surface area contributed by atoms with E-state index in [1.807, 2.05) is 43.6 Å². The fourth-order valence-corrected chi connectivity index (χ4v) is 4.40. The SMILES string of the molecule is COc1ccccc1-c1n[nH]c(C)c1C(=O)NCC1CCC(c2ccncc2)CC1. The molecule has 0 radical (unpaired) electrons. The Hall–Kier alpha value is -3.15. The summed E-state index contributed by atoms with van der Waals surface area (Å²) in [5.41, 5.74) is 4.17. The van der Waals surface area contributed by atoms with Gasteiger partial charge in [0.2, 0.25) is 0 Å². The molecule has 30 heavy (non-hydrogen) atoms. The van der Waals surface area contributed by atoms with E-state index >= 15 is 0 Å². The molecule has 1 aromatic carbocycles. The number of nitrogens with zero attached hydrogens (tertiary/aromatic N) is 2. The average molecular weight is 405 g/mol. The Balaban J connectivity index is 1.39. The van der Waals surface area contributed by atoms with Crippen LogP contribution >= 0.6 is 0 Å². The van der Waals surface area contributed by atoms with E-state index in [9.17, 15) is 4.79 Å². The highest BCUT2D eigenvalue weighted by molar-refractivity contribution is 6.01. The number of hydrogen-bond donors (Lipinski definition) is 2. The summed E-state index contributed by atoms with van der Waals surface area (Å²) < 4.78 is 5.46. The van der Waals surface area contributed by atoms with E-state index in [2.05, 4.69) is 32.6 Å². The van der Waals surface area contributed by atoms with E-state index in [1.165, 1.54) is 5.56 Å². The predicted molar refractivity (Wildman–Crippen MR) is 117 cm³/mol. The van der Waals surface area contributed by atoms with Crippen molar-refractivity contribution in [3.63, 3.8) is 0 Å². The molecule has 4 rings (SSSR count). The van der Waals surface area contributed by atoms with Gasteiger partial charge in [-0.25, -0.2) is 0 Å². The van der Waals surface area contributed by atoms with Crippen molar-refractivity contribution in [3.8, 4) is 17.0 Å². The smallest absolute Gasteiger partial charge is 0.255 e. The van der Waals surface area contributed by atoms with Gasteiger partial charge >= 0.3 is 0 Å². The first-order chi connectivity index (χ1) is 14.7. The number of aryl methyl sites for hydroxylation is 1. The van der Waals surface area contributed by atoms with Gasteiger partial charge in [-0.15, -0.1) is 0 Å². The minimum absolute atomic E-state index is 0.0848. The molecule has 2 aromatic heterocycles. The number of ether oxygens (including phenoxy) is 1. The van der Waals surface area contributed by atoms with Gasteiger partial charge in [-0.3, -0.25) is 14.9 Å². The van der Waals surface area contributed by atoms with E-state index in [-0.39, 0.29) is 5.91 Å². The molecule has 2 heterocycles. The molecule has 1 aliphatic rings. The first-order valence-electron chi connectivity index (χ1n) is 10.5. The molecule has 0 saturated heterocycles. The zero-order chi connectivity index (χ0) is 20.9. The van der Waals surface area contributed by atoms with Crippen LogP contribution in [0.25, 0.3) is 11.3 Å². The topological polar surface area (TPSA) is 79.9 Å². The number of H-pyrrole nitrogens is 1. The van der Waals surface area contributed by atoms with E-state index in [4.69, 9.17) is 4.74 Å². The molecule has 1 aliphatic carbocycles. The predicted octanol–water partition coefficient (Wildman–Crippen LogP) is 4.49. The average Bonchev–Trinajstić information content (AvgIpc) is 3.19. The molecule has 0 bridgehead atoms. The number of carbonyl (C=O) groups excluding carboxylic acids is 1. The highest BCUT2D eigenvalue weighted by Crippen LogP contribution is 2.35. The lowest BCUT2D eigenvalue weighted by Gasteiger charge is -2.28. The van der Waals surface area contributed by atoms with Gasteiger partial charge < -0.3 is 10.1 Å². The summed E-state index contributed by atoms with van der Waals surface area (Å²) in [4.78, 5) is 17.1. The highest BCUT2D eigenvalue weighted by atomic mass is 16.5. The number of aromatic amines is 1. The largest absolute Gasteiger partial charge is 0.496 e. The number of methoxy groups -OCH3 is 1. The second-order valence-corrected chi connectivity index (χ2v) is 7.98. The van der Waals surface area contributed by atoms with Crippen molar-refractivity contribution in [1.29, 1.82) is 0 Å². The molecule has 6 nitrogen and oxygen atoms in total. The fourth-order valence-electron chi connectivity index (χ4n) is 4.40. The lowest BCUT2D eigenvalue weighted by molar-refractivity contribution is 0.0943. The summed E-state index contributed by atoms with van der Waals surface area (Å²) in [6, 6.07) is 11.9. The summed E-state index contributed by atoms with van der Waals surface area (Å²) in [5.74, 6) is 1.73. The first kappa shape index (κ1) is 20.1. The monoisotopic (exact) mass is 404 g/mol. The number of benzene rings is 1. The number of rotatable bonds is 6. The van der Waals surface area contributed by atoms with Crippen LogP contribution < -0.4 is 10.1 Å². The van der Waals surface area contributed by atoms with Crippen LogP contribution in [0.1, 0.15) is 53.2 Å². The number of pyridine rings is 1. The summed E-state index contributed by atoms with van der Waals surface area (Å²) in [6.45, 7) is 2.57. The van der Waals surface area contributed by atoms with Crippen molar-refractivity contribution in [3.05, 3.63) is 65.6 Å². The van der Waals surface area contributed by atoms with Crippen LogP contribution in [0.5, 0.6) is 5.75 Å². The molecule has 6 heteroatoms. The van der Waals surface area contributed by atoms with Gasteiger partial charge in [0.25, 0.3) is 5.91 Å². The second-order valence-electron chi connectivity index (χ2n) is 7.98. The molecule has 3 aromatic rings. The van der Waals surface area contributed by atoms with E-state index in [1.54, 1.807) is 7.11 Å². The summed E-state index contributed by atoms with van der Waals surface area (Å²) in [5, 5.41) is 10.5. The van der Waals surface area contributed by atoms with Crippen LogP contribution in [0.2, 0.25) is 0 Å². The standard InChI is InChI=1S/C24H28N4O2/c1-16-22(23(28-27-16)20-5-3-4-6-21(20)30-2)24(29)26-15-17-7-9-18(10-8-17)19-11-13-25-14-12-19/h3-6,11-14,17-18H,7-10,15H2,1-2H3,(H,26,29)(H,27,28). The number of carbonyl (C=O) groups is 1. The van der Waals surface area contributed by atoms with E-state index < -0.39 is 0 Å². The zero-order valence-corrected chi connectivity index (χ0v) is 17.5. The minimum atomic E-state index is -0.0848. The Kier molecular flexibility index (Phi) is 6.12. The Morgan fingerprint density at radius 1 is 1.13 bits per heavy atom. The van der Waals surface area contributed by atoms with Gasteiger partial charge in [0.05, 0.1) is 12.7 Å². The van der Waals surface area contributed by atoms with Crippen molar-refractivity contribution in [1.82, 2.24) is 20.5 Å². The van der Waals surface area contributed by atoms with Crippen molar-refractivity contribution in [2.75, 3.05) is 13.7 Å². The van der Waals surface area contributed by atoms with Gasteiger partial charge in [0.15, 0.2) is 0 Å². The maximum Gasteiger partial charge on any atom is 0.255 e. The third-order valence-corrected chi connectivity index (χ3v) is 6.11. The Bertz CT molecular complexity index is 991.